The van der Waals surface area contributed by atoms with Gasteiger partial charge in [0.05, 0.1) is 14.2 Å². The topological polar surface area (TPSA) is 52.6 Å². The Bertz CT molecular complexity index is 375. The Balaban J connectivity index is 3.22. The zero-order valence-corrected chi connectivity index (χ0v) is 9.10. The van der Waals surface area contributed by atoms with Gasteiger partial charge < -0.3 is 9.47 Å². The molecule has 4 nitrogen and oxygen atoms in total. The van der Waals surface area contributed by atoms with E-state index in [0.717, 1.165) is 0 Å². The van der Waals surface area contributed by atoms with Gasteiger partial charge >= 0.3 is 11.9 Å². The van der Waals surface area contributed by atoms with Crippen LogP contribution in [0.4, 0.5) is 0 Å². The molecule has 1 rings (SSSR count). The van der Waals surface area contributed by atoms with E-state index >= 15 is 0 Å². The van der Waals surface area contributed by atoms with Gasteiger partial charge in [-0.05, 0) is 5.57 Å². The molecule has 0 atom stereocenters. The van der Waals surface area contributed by atoms with Crippen molar-refractivity contribution in [2.45, 2.75) is 0 Å². The van der Waals surface area contributed by atoms with Crippen molar-refractivity contribution in [2.75, 3.05) is 14.2 Å². The molecule has 0 N–H and O–H groups in total. The van der Waals surface area contributed by atoms with Crippen LogP contribution in [-0.2, 0) is 19.1 Å². The average molecular weight is 220 g/mol. The first-order valence-electron chi connectivity index (χ1n) is 4.63. The van der Waals surface area contributed by atoms with E-state index in [1.807, 2.05) is 0 Å². The molecule has 16 heavy (non-hydrogen) atoms. The SMILES string of the molecule is COC(=O)C(C(=O)OC)=C1C=CC=CC=C1. The Morgan fingerprint density at radius 3 is 1.69 bits per heavy atom. The van der Waals surface area contributed by atoms with Crippen LogP contribution in [0.1, 0.15) is 0 Å². The molecule has 0 bridgehead atoms. The van der Waals surface area contributed by atoms with E-state index in [4.69, 9.17) is 0 Å². The second-order valence-corrected chi connectivity index (χ2v) is 2.92. The first-order valence-corrected chi connectivity index (χ1v) is 4.63. The molecular weight excluding hydrogens is 208 g/mol. The summed E-state index contributed by atoms with van der Waals surface area (Å²) in [4.78, 5) is 22.9. The molecule has 0 saturated carbocycles. The van der Waals surface area contributed by atoms with E-state index in [-0.39, 0.29) is 5.57 Å². The quantitative estimate of drug-likeness (QED) is 0.305. The predicted molar refractivity (Wildman–Crippen MR) is 58.5 cm³/mol. The maximum Gasteiger partial charge on any atom is 0.345 e. The highest BCUT2D eigenvalue weighted by molar-refractivity contribution is 6.15. The highest BCUT2D eigenvalue weighted by atomic mass is 16.5. The van der Waals surface area contributed by atoms with Gasteiger partial charge in [0.25, 0.3) is 0 Å². The largest absolute Gasteiger partial charge is 0.465 e. The van der Waals surface area contributed by atoms with Crippen molar-refractivity contribution in [1.82, 2.24) is 0 Å². The van der Waals surface area contributed by atoms with Crippen LogP contribution < -0.4 is 0 Å². The molecule has 0 radical (unpaired) electrons. The molecule has 0 aliphatic heterocycles. The fourth-order valence-electron chi connectivity index (χ4n) is 1.19. The Labute approximate surface area is 93.5 Å². The molecular formula is C12H12O4. The molecule has 0 fully saturated rings. The van der Waals surface area contributed by atoms with E-state index in [9.17, 15) is 9.59 Å². The van der Waals surface area contributed by atoms with Gasteiger partial charge in [0, 0.05) is 0 Å². The monoisotopic (exact) mass is 220 g/mol. The lowest BCUT2D eigenvalue weighted by Crippen LogP contribution is -2.17. The Hall–Kier alpha value is -2.10. The van der Waals surface area contributed by atoms with Gasteiger partial charge in [-0.15, -0.1) is 0 Å². The summed E-state index contributed by atoms with van der Waals surface area (Å²) in [6.07, 6.45) is 10.3. The van der Waals surface area contributed by atoms with Gasteiger partial charge in [-0.2, -0.15) is 0 Å². The summed E-state index contributed by atoms with van der Waals surface area (Å²) in [6, 6.07) is 0. The molecule has 84 valence electrons. The van der Waals surface area contributed by atoms with Gasteiger partial charge in [-0.25, -0.2) is 9.59 Å². The van der Waals surface area contributed by atoms with Crippen LogP contribution in [-0.4, -0.2) is 26.2 Å². The van der Waals surface area contributed by atoms with Crippen molar-refractivity contribution in [3.63, 3.8) is 0 Å². The van der Waals surface area contributed by atoms with Gasteiger partial charge in [0.2, 0.25) is 0 Å². The van der Waals surface area contributed by atoms with Crippen LogP contribution in [0.25, 0.3) is 0 Å². The smallest absolute Gasteiger partial charge is 0.345 e. The fourth-order valence-corrected chi connectivity index (χ4v) is 1.19. The minimum absolute atomic E-state index is 0.110. The van der Waals surface area contributed by atoms with Gasteiger partial charge in [-0.1, -0.05) is 36.5 Å². The minimum Gasteiger partial charge on any atom is -0.465 e. The number of hydrogen-bond acceptors (Lipinski definition) is 4. The van der Waals surface area contributed by atoms with E-state index in [1.54, 1.807) is 36.5 Å². The summed E-state index contributed by atoms with van der Waals surface area (Å²) in [5.41, 5.74) is 0.352. The molecule has 0 aromatic rings. The zero-order chi connectivity index (χ0) is 12.0. The Kier molecular flexibility index (Phi) is 4.27. The van der Waals surface area contributed by atoms with E-state index in [0.29, 0.717) is 5.57 Å². The Morgan fingerprint density at radius 1 is 0.875 bits per heavy atom. The van der Waals surface area contributed by atoms with Crippen molar-refractivity contribution >= 4 is 11.9 Å². The number of methoxy groups -OCH3 is 2. The third kappa shape index (κ3) is 2.70. The summed E-state index contributed by atoms with van der Waals surface area (Å²) in [5.74, 6) is -1.42. The van der Waals surface area contributed by atoms with Crippen LogP contribution in [0.15, 0.2) is 47.6 Å². The number of ether oxygens (including phenoxy) is 2. The van der Waals surface area contributed by atoms with Crippen molar-refractivity contribution in [3.8, 4) is 0 Å². The van der Waals surface area contributed by atoms with Crippen LogP contribution in [0.5, 0.6) is 0 Å². The van der Waals surface area contributed by atoms with Crippen LogP contribution in [0, 0.1) is 0 Å². The highest BCUT2D eigenvalue weighted by Gasteiger charge is 2.22. The maximum atomic E-state index is 11.5. The summed E-state index contributed by atoms with van der Waals surface area (Å²) in [6.45, 7) is 0. The predicted octanol–water partition coefficient (Wildman–Crippen LogP) is 1.31. The minimum atomic E-state index is -0.710. The Morgan fingerprint density at radius 2 is 1.31 bits per heavy atom. The molecule has 1 aliphatic carbocycles. The third-order valence-electron chi connectivity index (χ3n) is 1.95. The van der Waals surface area contributed by atoms with E-state index in [2.05, 4.69) is 9.47 Å². The number of esters is 2. The fraction of sp³-hybridized carbons (Fsp3) is 0.167. The number of rotatable bonds is 2. The summed E-state index contributed by atoms with van der Waals surface area (Å²) in [7, 11) is 2.43. The van der Waals surface area contributed by atoms with Crippen LogP contribution in [0.3, 0.4) is 0 Å². The van der Waals surface area contributed by atoms with Crippen LogP contribution >= 0.6 is 0 Å². The molecule has 4 heteroatoms. The van der Waals surface area contributed by atoms with Crippen molar-refractivity contribution in [3.05, 3.63) is 47.6 Å². The summed E-state index contributed by atoms with van der Waals surface area (Å²) in [5, 5.41) is 0. The molecule has 0 aromatic heterocycles. The third-order valence-corrected chi connectivity index (χ3v) is 1.95. The molecule has 0 saturated heterocycles. The maximum absolute atomic E-state index is 11.5. The highest BCUT2D eigenvalue weighted by Crippen LogP contribution is 2.14. The lowest BCUT2D eigenvalue weighted by molar-refractivity contribution is -0.144. The first-order chi connectivity index (χ1) is 7.70. The lowest BCUT2D eigenvalue weighted by Gasteiger charge is -2.05. The second kappa shape index (κ2) is 5.70. The van der Waals surface area contributed by atoms with Crippen molar-refractivity contribution in [2.24, 2.45) is 0 Å². The molecule has 1 aliphatic rings. The standard InChI is InChI=1S/C12H12O4/c1-15-11(13)10(12(14)16-2)9-7-5-3-4-6-8-9/h3-8H,1-2H3. The molecule has 0 heterocycles. The number of allylic oxidation sites excluding steroid dienone is 7. The van der Waals surface area contributed by atoms with E-state index < -0.39 is 11.9 Å². The normalized spacial score (nSPS) is 13.2. The number of carbonyl (C=O) groups excluding carboxylic acids is 2. The average Bonchev–Trinajstić information content (AvgIpc) is 2.57. The lowest BCUT2D eigenvalue weighted by atomic mass is 10.1. The van der Waals surface area contributed by atoms with Gasteiger partial charge in [0.15, 0.2) is 5.57 Å². The first kappa shape index (κ1) is 12.0. The summed E-state index contributed by atoms with van der Waals surface area (Å²) >= 11 is 0. The van der Waals surface area contributed by atoms with Gasteiger partial charge in [0.1, 0.15) is 0 Å². The van der Waals surface area contributed by atoms with E-state index in [1.165, 1.54) is 14.2 Å². The number of carbonyl (C=O) groups is 2. The zero-order valence-electron chi connectivity index (χ0n) is 9.10. The van der Waals surface area contributed by atoms with Crippen LogP contribution in [0.2, 0.25) is 0 Å². The van der Waals surface area contributed by atoms with Crippen molar-refractivity contribution in [1.29, 1.82) is 0 Å². The number of hydrogen-bond donors (Lipinski definition) is 0. The molecule has 0 amide bonds. The van der Waals surface area contributed by atoms with Crippen molar-refractivity contribution < 1.29 is 19.1 Å². The summed E-state index contributed by atoms with van der Waals surface area (Å²) < 4.78 is 9.09. The molecule has 0 unspecified atom stereocenters. The second-order valence-electron chi connectivity index (χ2n) is 2.92. The molecule has 0 spiro atoms. The van der Waals surface area contributed by atoms with Gasteiger partial charge in [-0.3, -0.25) is 0 Å². The molecule has 0 aromatic carbocycles.